The molecule has 4 aromatic carbocycles. The summed E-state index contributed by atoms with van der Waals surface area (Å²) in [6, 6.07) is 31.0. The Morgan fingerprint density at radius 2 is 1.48 bits per heavy atom. The highest BCUT2D eigenvalue weighted by Gasteiger charge is 2.13. The smallest absolute Gasteiger partial charge is 0.258 e. The summed E-state index contributed by atoms with van der Waals surface area (Å²) in [5.74, 6) is 1.39. The number of rotatable bonds is 5. The molecule has 150 valence electrons. The number of para-hydroxylation sites is 1. The normalized spacial score (nSPS) is 10.7. The minimum Gasteiger partial charge on any atom is -0.457 e. The zero-order valence-corrected chi connectivity index (χ0v) is 17.3. The molecule has 0 aliphatic rings. The molecule has 0 atom stereocenters. The Balaban J connectivity index is 1.31. The molecule has 0 saturated heterocycles. The van der Waals surface area contributed by atoms with Gasteiger partial charge in [-0.05, 0) is 53.2 Å². The molecule has 5 heteroatoms. The summed E-state index contributed by atoms with van der Waals surface area (Å²) in [6.07, 6.45) is 0. The first-order valence-electron chi connectivity index (χ1n) is 9.84. The van der Waals surface area contributed by atoms with Crippen LogP contribution >= 0.6 is 11.3 Å². The minimum atomic E-state index is -0.163. The van der Waals surface area contributed by atoms with Crippen molar-refractivity contribution in [2.75, 3.05) is 5.32 Å². The summed E-state index contributed by atoms with van der Waals surface area (Å²) in [4.78, 5) is 17.4. The van der Waals surface area contributed by atoms with Gasteiger partial charge in [0.2, 0.25) is 0 Å². The molecule has 0 saturated carbocycles. The number of ether oxygens (including phenoxy) is 1. The number of amides is 1. The molecule has 0 aliphatic heterocycles. The summed E-state index contributed by atoms with van der Waals surface area (Å²) in [5.41, 5.74) is 2.41. The predicted octanol–water partition coefficient (Wildman–Crippen LogP) is 7.01. The van der Waals surface area contributed by atoms with E-state index in [1.807, 2.05) is 102 Å². The molecule has 4 nitrogen and oxygen atoms in total. The van der Waals surface area contributed by atoms with Crippen molar-refractivity contribution in [2.24, 2.45) is 0 Å². The molecule has 1 aromatic heterocycles. The number of carbonyl (C=O) groups is 1. The van der Waals surface area contributed by atoms with Crippen molar-refractivity contribution >= 4 is 33.1 Å². The van der Waals surface area contributed by atoms with E-state index in [1.54, 1.807) is 0 Å². The first-order valence-corrected chi connectivity index (χ1v) is 10.7. The SMILES string of the molecule is O=C(Nc1nc(-c2ccc(Oc3ccccc3)cc2)cs1)c1cccc2ccccc12. The van der Waals surface area contributed by atoms with E-state index in [1.165, 1.54) is 11.3 Å². The summed E-state index contributed by atoms with van der Waals surface area (Å²) in [5, 5.41) is 7.39. The highest BCUT2D eigenvalue weighted by Crippen LogP contribution is 2.29. The second kappa shape index (κ2) is 8.42. The Bertz CT molecular complexity index is 1340. The van der Waals surface area contributed by atoms with Gasteiger partial charge >= 0.3 is 0 Å². The summed E-state index contributed by atoms with van der Waals surface area (Å²) >= 11 is 1.41. The molecule has 1 amide bonds. The lowest BCUT2D eigenvalue weighted by Gasteiger charge is -2.06. The van der Waals surface area contributed by atoms with Crippen LogP contribution < -0.4 is 10.1 Å². The van der Waals surface area contributed by atoms with Crippen molar-refractivity contribution in [1.82, 2.24) is 4.98 Å². The molecule has 5 rings (SSSR count). The van der Waals surface area contributed by atoms with Gasteiger partial charge in [0, 0.05) is 16.5 Å². The van der Waals surface area contributed by atoms with Gasteiger partial charge in [-0.3, -0.25) is 10.1 Å². The topological polar surface area (TPSA) is 51.2 Å². The molecular formula is C26H18N2O2S. The van der Waals surface area contributed by atoms with Gasteiger partial charge in [0.05, 0.1) is 5.69 Å². The number of nitrogens with one attached hydrogen (secondary N) is 1. The van der Waals surface area contributed by atoms with E-state index in [9.17, 15) is 4.79 Å². The van der Waals surface area contributed by atoms with Gasteiger partial charge in [-0.2, -0.15) is 0 Å². The lowest BCUT2D eigenvalue weighted by molar-refractivity contribution is 0.102. The van der Waals surface area contributed by atoms with Crippen LogP contribution in [0.2, 0.25) is 0 Å². The van der Waals surface area contributed by atoms with Crippen LogP contribution in [0.3, 0.4) is 0 Å². The molecule has 5 aromatic rings. The zero-order valence-electron chi connectivity index (χ0n) is 16.5. The Hall–Kier alpha value is -3.96. The average molecular weight is 423 g/mol. The van der Waals surface area contributed by atoms with E-state index < -0.39 is 0 Å². The third kappa shape index (κ3) is 4.17. The fourth-order valence-corrected chi connectivity index (χ4v) is 4.08. The maximum Gasteiger partial charge on any atom is 0.258 e. The highest BCUT2D eigenvalue weighted by molar-refractivity contribution is 7.14. The lowest BCUT2D eigenvalue weighted by atomic mass is 10.0. The van der Waals surface area contributed by atoms with Gasteiger partial charge in [0.15, 0.2) is 5.13 Å². The maximum absolute atomic E-state index is 12.8. The largest absolute Gasteiger partial charge is 0.457 e. The maximum atomic E-state index is 12.8. The molecule has 31 heavy (non-hydrogen) atoms. The number of carbonyl (C=O) groups excluding carboxylic acids is 1. The fourth-order valence-electron chi connectivity index (χ4n) is 3.37. The third-order valence-corrected chi connectivity index (χ3v) is 5.65. The van der Waals surface area contributed by atoms with Gasteiger partial charge in [0.1, 0.15) is 11.5 Å². The summed E-state index contributed by atoms with van der Waals surface area (Å²) in [7, 11) is 0. The zero-order chi connectivity index (χ0) is 21.0. The summed E-state index contributed by atoms with van der Waals surface area (Å²) < 4.78 is 5.84. The van der Waals surface area contributed by atoms with Crippen molar-refractivity contribution < 1.29 is 9.53 Å². The number of fused-ring (bicyclic) bond motifs is 1. The Kier molecular flexibility index (Phi) is 5.17. The standard InChI is InChI=1S/C26H18N2O2S/c29-25(23-12-6-8-18-7-4-5-11-22(18)23)28-26-27-24(17-31-26)19-13-15-21(16-14-19)30-20-9-2-1-3-10-20/h1-17H,(H,27,28,29). The quantitative estimate of drug-likeness (QED) is 0.331. The first kappa shape index (κ1) is 19.0. The molecule has 1 N–H and O–H groups in total. The monoisotopic (exact) mass is 422 g/mol. The van der Waals surface area contributed by atoms with Crippen LogP contribution in [0.15, 0.2) is 102 Å². The average Bonchev–Trinajstić information content (AvgIpc) is 3.28. The molecule has 0 fully saturated rings. The van der Waals surface area contributed by atoms with Crippen LogP contribution in [0, 0.1) is 0 Å². The molecule has 0 spiro atoms. The number of aromatic nitrogens is 1. The van der Waals surface area contributed by atoms with E-state index in [2.05, 4.69) is 10.3 Å². The van der Waals surface area contributed by atoms with Crippen molar-refractivity contribution in [3.8, 4) is 22.8 Å². The van der Waals surface area contributed by atoms with E-state index in [0.29, 0.717) is 10.7 Å². The van der Waals surface area contributed by atoms with E-state index in [4.69, 9.17) is 4.74 Å². The molecule has 1 heterocycles. The van der Waals surface area contributed by atoms with Crippen molar-refractivity contribution in [1.29, 1.82) is 0 Å². The second-order valence-corrected chi connectivity index (χ2v) is 7.82. The van der Waals surface area contributed by atoms with Crippen molar-refractivity contribution in [3.05, 3.63) is 108 Å². The van der Waals surface area contributed by atoms with E-state index >= 15 is 0 Å². The Morgan fingerprint density at radius 1 is 0.774 bits per heavy atom. The van der Waals surface area contributed by atoms with E-state index in [0.717, 1.165) is 33.5 Å². The number of hydrogen-bond donors (Lipinski definition) is 1. The van der Waals surface area contributed by atoms with Gasteiger partial charge in [-0.25, -0.2) is 4.98 Å². The van der Waals surface area contributed by atoms with Gasteiger partial charge in [-0.15, -0.1) is 11.3 Å². The molecule has 0 aliphatic carbocycles. The van der Waals surface area contributed by atoms with Crippen LogP contribution in [0.5, 0.6) is 11.5 Å². The number of anilines is 1. The van der Waals surface area contributed by atoms with Crippen molar-refractivity contribution in [2.45, 2.75) is 0 Å². The lowest BCUT2D eigenvalue weighted by Crippen LogP contribution is -2.12. The molecule has 0 radical (unpaired) electrons. The third-order valence-electron chi connectivity index (χ3n) is 4.89. The van der Waals surface area contributed by atoms with Gasteiger partial charge in [-0.1, -0.05) is 54.6 Å². The Morgan fingerprint density at radius 3 is 2.32 bits per heavy atom. The summed E-state index contributed by atoms with van der Waals surface area (Å²) in [6.45, 7) is 0. The minimum absolute atomic E-state index is 0.163. The van der Waals surface area contributed by atoms with Crippen LogP contribution in [0.4, 0.5) is 5.13 Å². The molecule has 0 bridgehead atoms. The fraction of sp³-hybridized carbons (Fsp3) is 0. The van der Waals surface area contributed by atoms with Crippen LogP contribution in [0.1, 0.15) is 10.4 Å². The van der Waals surface area contributed by atoms with Gasteiger partial charge in [0.25, 0.3) is 5.91 Å². The second-order valence-electron chi connectivity index (χ2n) is 6.96. The number of nitrogens with zero attached hydrogens (tertiary/aromatic N) is 1. The predicted molar refractivity (Wildman–Crippen MR) is 126 cm³/mol. The number of hydrogen-bond acceptors (Lipinski definition) is 4. The molecular weight excluding hydrogens is 404 g/mol. The van der Waals surface area contributed by atoms with Crippen LogP contribution in [-0.4, -0.2) is 10.9 Å². The molecule has 0 unspecified atom stereocenters. The Labute approximate surface area is 183 Å². The number of thiazole rings is 1. The van der Waals surface area contributed by atoms with E-state index in [-0.39, 0.29) is 5.91 Å². The van der Waals surface area contributed by atoms with Crippen LogP contribution in [0.25, 0.3) is 22.0 Å². The van der Waals surface area contributed by atoms with Crippen molar-refractivity contribution in [3.63, 3.8) is 0 Å². The van der Waals surface area contributed by atoms with Crippen LogP contribution in [-0.2, 0) is 0 Å². The number of benzene rings is 4. The first-order chi connectivity index (χ1) is 15.3. The van der Waals surface area contributed by atoms with Gasteiger partial charge < -0.3 is 4.74 Å². The highest BCUT2D eigenvalue weighted by atomic mass is 32.1.